The Morgan fingerprint density at radius 3 is 2.48 bits per heavy atom. The molecule has 0 radical (unpaired) electrons. The van der Waals surface area contributed by atoms with Crippen LogP contribution in [0.2, 0.25) is 0 Å². The molecule has 0 saturated heterocycles. The third-order valence-corrected chi connectivity index (χ3v) is 3.99. The van der Waals surface area contributed by atoms with Crippen molar-refractivity contribution in [3.8, 4) is 11.5 Å². The summed E-state index contributed by atoms with van der Waals surface area (Å²) in [6.07, 6.45) is 0. The molecule has 6 nitrogen and oxygen atoms in total. The van der Waals surface area contributed by atoms with Crippen molar-refractivity contribution in [3.05, 3.63) is 71.3 Å². The van der Waals surface area contributed by atoms with E-state index in [4.69, 9.17) is 9.47 Å². The largest absolute Gasteiger partial charge is 0.493 e. The summed E-state index contributed by atoms with van der Waals surface area (Å²) in [4.78, 5) is 4.49. The monoisotopic (exact) mass is 338 g/mol. The fourth-order valence-electron chi connectivity index (χ4n) is 2.80. The fourth-order valence-corrected chi connectivity index (χ4v) is 2.80. The fraction of sp³-hybridized carbons (Fsp3) is 0.263. The van der Waals surface area contributed by atoms with E-state index in [0.717, 1.165) is 22.7 Å². The van der Waals surface area contributed by atoms with E-state index < -0.39 is 0 Å². The maximum atomic E-state index is 5.51. The van der Waals surface area contributed by atoms with Crippen LogP contribution in [0.5, 0.6) is 11.5 Å². The Morgan fingerprint density at radius 2 is 1.84 bits per heavy atom. The number of hydrogen-bond donors (Lipinski definition) is 2. The maximum absolute atomic E-state index is 5.51. The third-order valence-electron chi connectivity index (χ3n) is 3.99. The lowest BCUT2D eigenvalue weighted by Crippen LogP contribution is -2.23. The van der Waals surface area contributed by atoms with Gasteiger partial charge in [-0.15, -0.1) is 0 Å². The van der Waals surface area contributed by atoms with Crippen LogP contribution in [0.25, 0.3) is 0 Å². The van der Waals surface area contributed by atoms with Crippen LogP contribution in [0.1, 0.15) is 28.8 Å². The summed E-state index contributed by atoms with van der Waals surface area (Å²) in [5.41, 5.74) is 2.11. The minimum Gasteiger partial charge on any atom is -0.493 e. The number of para-hydroxylation sites is 1. The first-order valence-corrected chi connectivity index (χ1v) is 8.10. The smallest absolute Gasteiger partial charge is 0.172 e. The van der Waals surface area contributed by atoms with Gasteiger partial charge in [0.2, 0.25) is 0 Å². The van der Waals surface area contributed by atoms with Crippen LogP contribution < -0.4 is 14.8 Å². The molecule has 25 heavy (non-hydrogen) atoms. The Bertz CT molecular complexity index is 817. The Balaban J connectivity index is 1.87. The number of aromatic amines is 1. The normalized spacial score (nSPS) is 12.0. The molecule has 0 aliphatic rings. The molecule has 130 valence electrons. The van der Waals surface area contributed by atoms with Gasteiger partial charge in [0.05, 0.1) is 20.3 Å². The number of aromatic nitrogens is 3. The highest BCUT2D eigenvalue weighted by Crippen LogP contribution is 2.31. The van der Waals surface area contributed by atoms with Crippen molar-refractivity contribution in [2.24, 2.45) is 0 Å². The third kappa shape index (κ3) is 3.80. The van der Waals surface area contributed by atoms with E-state index >= 15 is 0 Å². The van der Waals surface area contributed by atoms with Gasteiger partial charge in [0.15, 0.2) is 17.3 Å². The molecule has 0 bridgehead atoms. The van der Waals surface area contributed by atoms with Crippen molar-refractivity contribution in [2.45, 2.75) is 19.5 Å². The minimum absolute atomic E-state index is 0.123. The Hall–Kier alpha value is -2.86. The second kappa shape index (κ2) is 7.81. The molecule has 0 aliphatic heterocycles. The van der Waals surface area contributed by atoms with E-state index in [1.165, 1.54) is 0 Å². The summed E-state index contributed by atoms with van der Waals surface area (Å²) in [6, 6.07) is 15.9. The highest BCUT2D eigenvalue weighted by molar-refractivity contribution is 5.46. The van der Waals surface area contributed by atoms with E-state index in [0.29, 0.717) is 18.1 Å². The van der Waals surface area contributed by atoms with Crippen LogP contribution >= 0.6 is 0 Å². The molecule has 1 aromatic heterocycles. The summed E-state index contributed by atoms with van der Waals surface area (Å²) in [6.45, 7) is 2.48. The second-order valence-electron chi connectivity index (χ2n) is 5.66. The van der Waals surface area contributed by atoms with Crippen molar-refractivity contribution in [1.82, 2.24) is 20.5 Å². The summed E-state index contributed by atoms with van der Waals surface area (Å²) in [5, 5.41) is 10.8. The van der Waals surface area contributed by atoms with Gasteiger partial charge in [-0.3, -0.25) is 10.4 Å². The van der Waals surface area contributed by atoms with Crippen LogP contribution in [0.15, 0.2) is 48.5 Å². The molecule has 2 N–H and O–H groups in total. The van der Waals surface area contributed by atoms with Gasteiger partial charge >= 0.3 is 0 Å². The lowest BCUT2D eigenvalue weighted by atomic mass is 10.1. The average molecular weight is 338 g/mol. The van der Waals surface area contributed by atoms with E-state index in [2.05, 4.69) is 32.6 Å². The van der Waals surface area contributed by atoms with Crippen LogP contribution in [-0.4, -0.2) is 29.4 Å². The number of nitrogens with zero attached hydrogens (tertiary/aromatic N) is 2. The van der Waals surface area contributed by atoms with Crippen LogP contribution in [0.4, 0.5) is 0 Å². The molecular weight excluding hydrogens is 316 g/mol. The van der Waals surface area contributed by atoms with E-state index in [1.807, 2.05) is 43.3 Å². The predicted molar refractivity (Wildman–Crippen MR) is 95.8 cm³/mol. The number of rotatable bonds is 7. The first-order chi connectivity index (χ1) is 12.2. The zero-order valence-corrected chi connectivity index (χ0v) is 14.6. The minimum atomic E-state index is -0.123. The Labute approximate surface area is 147 Å². The quantitative estimate of drug-likeness (QED) is 0.693. The standard InChI is InChI=1S/C19H22N4O2/c1-13-21-19(23-22-13)17(14-8-5-4-6-9-14)20-12-15-10-7-11-16(24-2)18(15)25-3/h4-11,17,20H,12H2,1-3H3,(H,21,22,23). The number of nitrogens with one attached hydrogen (secondary N) is 2. The van der Waals surface area contributed by atoms with Gasteiger partial charge in [0, 0.05) is 12.1 Å². The van der Waals surface area contributed by atoms with Gasteiger partial charge in [-0.2, -0.15) is 5.10 Å². The van der Waals surface area contributed by atoms with Crippen molar-refractivity contribution in [2.75, 3.05) is 14.2 Å². The molecule has 3 aromatic rings. The van der Waals surface area contributed by atoms with Gasteiger partial charge in [-0.05, 0) is 18.6 Å². The summed E-state index contributed by atoms with van der Waals surface area (Å²) >= 11 is 0. The van der Waals surface area contributed by atoms with Gasteiger partial charge in [0.1, 0.15) is 5.82 Å². The number of aryl methyl sites for hydroxylation is 1. The first-order valence-electron chi connectivity index (χ1n) is 8.10. The van der Waals surface area contributed by atoms with Crippen LogP contribution in [0, 0.1) is 6.92 Å². The summed E-state index contributed by atoms with van der Waals surface area (Å²) < 4.78 is 10.9. The molecule has 1 unspecified atom stereocenters. The number of methoxy groups -OCH3 is 2. The first kappa shape index (κ1) is 17.0. The molecular formula is C19H22N4O2. The zero-order valence-electron chi connectivity index (χ0n) is 14.6. The van der Waals surface area contributed by atoms with Crippen molar-refractivity contribution >= 4 is 0 Å². The summed E-state index contributed by atoms with van der Waals surface area (Å²) in [7, 11) is 3.28. The second-order valence-corrected chi connectivity index (χ2v) is 5.66. The molecule has 0 fully saturated rings. The Kier molecular flexibility index (Phi) is 5.30. The van der Waals surface area contributed by atoms with Gasteiger partial charge in [-0.1, -0.05) is 42.5 Å². The number of hydrogen-bond acceptors (Lipinski definition) is 5. The SMILES string of the molecule is COc1cccc(CNC(c2ccccc2)c2n[nH]c(C)n2)c1OC. The summed E-state index contributed by atoms with van der Waals surface area (Å²) in [5.74, 6) is 2.95. The highest BCUT2D eigenvalue weighted by Gasteiger charge is 2.19. The molecule has 0 saturated carbocycles. The number of ether oxygens (including phenoxy) is 2. The molecule has 0 amide bonds. The van der Waals surface area contributed by atoms with E-state index in [1.54, 1.807) is 14.2 Å². The van der Waals surface area contributed by atoms with E-state index in [-0.39, 0.29) is 6.04 Å². The van der Waals surface area contributed by atoms with Crippen molar-refractivity contribution < 1.29 is 9.47 Å². The van der Waals surface area contributed by atoms with Gasteiger partial charge in [0.25, 0.3) is 0 Å². The van der Waals surface area contributed by atoms with Crippen molar-refractivity contribution in [3.63, 3.8) is 0 Å². The maximum Gasteiger partial charge on any atom is 0.172 e. The van der Waals surface area contributed by atoms with E-state index in [9.17, 15) is 0 Å². The highest BCUT2D eigenvalue weighted by atomic mass is 16.5. The number of benzene rings is 2. The molecule has 3 rings (SSSR count). The predicted octanol–water partition coefficient (Wildman–Crippen LogP) is 3.01. The lowest BCUT2D eigenvalue weighted by Gasteiger charge is -2.18. The topological polar surface area (TPSA) is 72.1 Å². The molecule has 0 aliphatic carbocycles. The molecule has 1 atom stereocenters. The van der Waals surface area contributed by atoms with Crippen LogP contribution in [-0.2, 0) is 6.54 Å². The van der Waals surface area contributed by atoms with Gasteiger partial charge in [-0.25, -0.2) is 4.98 Å². The molecule has 0 spiro atoms. The molecule has 1 heterocycles. The zero-order chi connectivity index (χ0) is 17.6. The van der Waals surface area contributed by atoms with Crippen LogP contribution in [0.3, 0.4) is 0 Å². The molecule has 2 aromatic carbocycles. The van der Waals surface area contributed by atoms with Crippen molar-refractivity contribution in [1.29, 1.82) is 0 Å². The average Bonchev–Trinajstić information content (AvgIpc) is 3.08. The molecule has 6 heteroatoms. The lowest BCUT2D eigenvalue weighted by molar-refractivity contribution is 0.350. The Morgan fingerprint density at radius 1 is 1.04 bits per heavy atom. The van der Waals surface area contributed by atoms with Gasteiger partial charge < -0.3 is 9.47 Å². The number of H-pyrrole nitrogens is 1.